The molecule has 4 aromatic rings. The lowest BCUT2D eigenvalue weighted by atomic mass is 10.2. The fourth-order valence-electron chi connectivity index (χ4n) is 2.57. The molecule has 0 saturated carbocycles. The van der Waals surface area contributed by atoms with Gasteiger partial charge in [0.15, 0.2) is 5.16 Å². The number of amides is 1. The molecule has 7 nitrogen and oxygen atoms in total. The molecule has 0 aliphatic heterocycles. The van der Waals surface area contributed by atoms with Gasteiger partial charge in [-0.15, -0.1) is 0 Å². The molecule has 0 unspecified atom stereocenters. The van der Waals surface area contributed by atoms with Crippen LogP contribution in [0.15, 0.2) is 58.7 Å². The van der Waals surface area contributed by atoms with E-state index in [1.165, 1.54) is 11.8 Å². The first-order valence-corrected chi connectivity index (χ1v) is 8.60. The van der Waals surface area contributed by atoms with Gasteiger partial charge in [-0.1, -0.05) is 17.8 Å². The van der Waals surface area contributed by atoms with E-state index in [-0.39, 0.29) is 16.8 Å². The van der Waals surface area contributed by atoms with Gasteiger partial charge in [0.05, 0.1) is 28.0 Å². The Kier molecular flexibility index (Phi) is 3.81. The Morgan fingerprint density at radius 1 is 1.24 bits per heavy atom. The van der Waals surface area contributed by atoms with E-state index in [2.05, 4.69) is 20.3 Å². The molecule has 3 N–H and O–H groups in total. The van der Waals surface area contributed by atoms with Crippen LogP contribution in [0.25, 0.3) is 16.6 Å². The Hall–Kier alpha value is -3.00. The minimum atomic E-state index is -0.327. The molecule has 0 fully saturated rings. The SMILES string of the molecule is C[C@@H](Sc1ncc2ccccn12)C(=O)Nc1ccc2[nH]c(=O)[nH]c2c1. The average Bonchev–Trinajstić information content (AvgIpc) is 3.17. The third-order valence-corrected chi connectivity index (χ3v) is 4.92. The smallest absolute Gasteiger partial charge is 0.323 e. The first-order valence-electron chi connectivity index (χ1n) is 7.72. The lowest BCUT2D eigenvalue weighted by Crippen LogP contribution is -2.22. The summed E-state index contributed by atoms with van der Waals surface area (Å²) in [5, 5.41) is 3.31. The van der Waals surface area contributed by atoms with E-state index in [0.717, 1.165) is 10.7 Å². The van der Waals surface area contributed by atoms with Crippen LogP contribution in [0.3, 0.4) is 0 Å². The van der Waals surface area contributed by atoms with E-state index < -0.39 is 0 Å². The highest BCUT2D eigenvalue weighted by molar-refractivity contribution is 8.00. The topological polar surface area (TPSA) is 95.1 Å². The number of benzene rings is 1. The molecular formula is C17H15N5O2S. The number of aromatic nitrogens is 4. The quantitative estimate of drug-likeness (QED) is 0.492. The summed E-state index contributed by atoms with van der Waals surface area (Å²) in [4.78, 5) is 33.5. The number of thioether (sulfide) groups is 1. The molecule has 0 bridgehead atoms. The molecule has 0 spiro atoms. The second-order valence-corrected chi connectivity index (χ2v) is 6.93. The molecule has 1 amide bonds. The van der Waals surface area contributed by atoms with Crippen molar-refractivity contribution in [1.82, 2.24) is 19.4 Å². The first-order chi connectivity index (χ1) is 12.1. The second kappa shape index (κ2) is 6.14. The molecule has 1 atom stereocenters. The second-order valence-electron chi connectivity index (χ2n) is 5.63. The lowest BCUT2D eigenvalue weighted by molar-refractivity contribution is -0.115. The lowest BCUT2D eigenvalue weighted by Gasteiger charge is -2.11. The van der Waals surface area contributed by atoms with Crippen LogP contribution in [0.2, 0.25) is 0 Å². The van der Waals surface area contributed by atoms with Crippen molar-refractivity contribution in [1.29, 1.82) is 0 Å². The van der Waals surface area contributed by atoms with E-state index in [9.17, 15) is 9.59 Å². The van der Waals surface area contributed by atoms with Crippen LogP contribution in [-0.4, -0.2) is 30.5 Å². The van der Waals surface area contributed by atoms with Crippen molar-refractivity contribution in [2.24, 2.45) is 0 Å². The number of nitrogens with zero attached hydrogens (tertiary/aromatic N) is 2. The fourth-order valence-corrected chi connectivity index (χ4v) is 3.45. The minimum Gasteiger partial charge on any atom is -0.325 e. The number of anilines is 1. The molecule has 0 saturated heterocycles. The number of carbonyl (C=O) groups excluding carboxylic acids is 1. The van der Waals surface area contributed by atoms with Crippen molar-refractivity contribution < 1.29 is 4.79 Å². The number of H-pyrrole nitrogens is 2. The van der Waals surface area contributed by atoms with Crippen LogP contribution in [0.1, 0.15) is 6.92 Å². The Bertz CT molecular complexity index is 1130. The summed E-state index contributed by atoms with van der Waals surface area (Å²) in [5.74, 6) is -0.130. The van der Waals surface area contributed by atoms with E-state index in [1.54, 1.807) is 24.4 Å². The summed E-state index contributed by atoms with van der Waals surface area (Å²) in [6.07, 6.45) is 3.70. The number of hydrogen-bond acceptors (Lipinski definition) is 4. The number of carbonyl (C=O) groups is 1. The first kappa shape index (κ1) is 15.5. The Balaban J connectivity index is 1.50. The molecule has 3 heterocycles. The summed E-state index contributed by atoms with van der Waals surface area (Å²) in [6.45, 7) is 1.83. The van der Waals surface area contributed by atoms with Crippen LogP contribution in [-0.2, 0) is 4.79 Å². The van der Waals surface area contributed by atoms with Gasteiger partial charge in [0.2, 0.25) is 5.91 Å². The summed E-state index contributed by atoms with van der Waals surface area (Å²) >= 11 is 1.39. The Labute approximate surface area is 146 Å². The standard InChI is InChI=1S/C17H15N5O2S/c1-10(25-17-18-9-12-4-2-3-7-22(12)17)15(23)19-11-5-6-13-14(8-11)21-16(24)20-13/h2-10H,1H3,(H,19,23)(H2,20,21,24)/t10-/m1/s1. The van der Waals surface area contributed by atoms with Gasteiger partial charge in [-0.25, -0.2) is 9.78 Å². The zero-order valence-electron chi connectivity index (χ0n) is 13.3. The van der Waals surface area contributed by atoms with Crippen molar-refractivity contribution >= 4 is 39.9 Å². The van der Waals surface area contributed by atoms with Crippen molar-refractivity contribution in [3.8, 4) is 0 Å². The van der Waals surface area contributed by atoms with Gasteiger partial charge in [0.1, 0.15) is 0 Å². The monoisotopic (exact) mass is 353 g/mol. The van der Waals surface area contributed by atoms with Crippen molar-refractivity contribution in [2.75, 3.05) is 5.32 Å². The highest BCUT2D eigenvalue weighted by Crippen LogP contribution is 2.24. The zero-order chi connectivity index (χ0) is 17.4. The van der Waals surface area contributed by atoms with Gasteiger partial charge < -0.3 is 15.3 Å². The number of nitrogens with one attached hydrogen (secondary N) is 3. The summed E-state index contributed by atoms with van der Waals surface area (Å²) in [7, 11) is 0. The molecule has 3 aromatic heterocycles. The molecule has 0 aliphatic rings. The highest BCUT2D eigenvalue weighted by atomic mass is 32.2. The predicted molar refractivity (Wildman–Crippen MR) is 98.1 cm³/mol. The fraction of sp³-hybridized carbons (Fsp3) is 0.118. The number of fused-ring (bicyclic) bond motifs is 2. The van der Waals surface area contributed by atoms with E-state index in [4.69, 9.17) is 0 Å². The zero-order valence-corrected chi connectivity index (χ0v) is 14.1. The van der Waals surface area contributed by atoms with Gasteiger partial charge in [0, 0.05) is 11.9 Å². The van der Waals surface area contributed by atoms with E-state index in [1.807, 2.05) is 35.7 Å². The minimum absolute atomic E-state index is 0.130. The predicted octanol–water partition coefficient (Wildman–Crippen LogP) is 2.62. The molecule has 25 heavy (non-hydrogen) atoms. The molecule has 1 aromatic carbocycles. The molecule has 0 radical (unpaired) electrons. The molecule has 0 aliphatic carbocycles. The Morgan fingerprint density at radius 3 is 2.96 bits per heavy atom. The maximum Gasteiger partial charge on any atom is 0.323 e. The molecular weight excluding hydrogens is 338 g/mol. The maximum atomic E-state index is 12.5. The van der Waals surface area contributed by atoms with Crippen LogP contribution in [0.4, 0.5) is 5.69 Å². The molecule has 4 rings (SSSR count). The summed E-state index contributed by atoms with van der Waals surface area (Å²) in [5.41, 5.74) is 2.71. The third kappa shape index (κ3) is 3.03. The van der Waals surface area contributed by atoms with Gasteiger partial charge in [-0.3, -0.25) is 9.20 Å². The largest absolute Gasteiger partial charge is 0.325 e. The number of rotatable bonds is 4. The Morgan fingerprint density at radius 2 is 2.08 bits per heavy atom. The summed E-state index contributed by atoms with van der Waals surface area (Å²) < 4.78 is 1.95. The van der Waals surface area contributed by atoms with Crippen LogP contribution in [0, 0.1) is 0 Å². The van der Waals surface area contributed by atoms with Gasteiger partial charge >= 0.3 is 5.69 Å². The molecule has 8 heteroatoms. The summed E-state index contributed by atoms with van der Waals surface area (Å²) in [6, 6.07) is 11.1. The van der Waals surface area contributed by atoms with Crippen molar-refractivity contribution in [2.45, 2.75) is 17.3 Å². The van der Waals surface area contributed by atoms with E-state index >= 15 is 0 Å². The van der Waals surface area contributed by atoms with Gasteiger partial charge in [-0.2, -0.15) is 0 Å². The normalized spacial score (nSPS) is 12.5. The van der Waals surface area contributed by atoms with Crippen LogP contribution >= 0.6 is 11.8 Å². The number of hydrogen-bond donors (Lipinski definition) is 3. The average molecular weight is 353 g/mol. The maximum absolute atomic E-state index is 12.5. The van der Waals surface area contributed by atoms with Crippen LogP contribution < -0.4 is 11.0 Å². The number of imidazole rings is 2. The third-order valence-electron chi connectivity index (χ3n) is 3.84. The van der Waals surface area contributed by atoms with Crippen molar-refractivity contribution in [3.05, 3.63) is 59.3 Å². The highest BCUT2D eigenvalue weighted by Gasteiger charge is 2.17. The van der Waals surface area contributed by atoms with Crippen molar-refractivity contribution in [3.63, 3.8) is 0 Å². The number of pyridine rings is 1. The van der Waals surface area contributed by atoms with Crippen LogP contribution in [0.5, 0.6) is 0 Å². The van der Waals surface area contributed by atoms with Gasteiger partial charge in [-0.05, 0) is 37.3 Å². The van der Waals surface area contributed by atoms with Gasteiger partial charge in [0.25, 0.3) is 0 Å². The number of aromatic amines is 2. The molecule has 126 valence electrons. The van der Waals surface area contributed by atoms with E-state index in [0.29, 0.717) is 16.7 Å².